The first-order valence-electron chi connectivity index (χ1n) is 5.86. The van der Waals surface area contributed by atoms with Gasteiger partial charge in [0.25, 0.3) is 0 Å². The summed E-state index contributed by atoms with van der Waals surface area (Å²) < 4.78 is 0. The van der Waals surface area contributed by atoms with Gasteiger partial charge < -0.3 is 20.4 Å². The number of β-amino-alcohol motifs (C(OH)–C–C–N with tert-alkyl or cyclic N) is 1. The van der Waals surface area contributed by atoms with E-state index in [9.17, 15) is 14.7 Å². The van der Waals surface area contributed by atoms with Crippen molar-refractivity contribution in [1.29, 1.82) is 0 Å². The molecule has 17 heavy (non-hydrogen) atoms. The molecule has 0 spiro atoms. The molecule has 2 amide bonds. The highest BCUT2D eigenvalue weighted by Gasteiger charge is 2.35. The zero-order valence-corrected chi connectivity index (χ0v) is 10.3. The Labute approximate surface area is 101 Å². The number of amides is 2. The third kappa shape index (κ3) is 3.89. The van der Waals surface area contributed by atoms with Crippen LogP contribution in [0.3, 0.4) is 0 Å². The predicted octanol–water partition coefficient (Wildman–Crippen LogP) is 0.406. The van der Waals surface area contributed by atoms with Gasteiger partial charge in [0.2, 0.25) is 0 Å². The van der Waals surface area contributed by atoms with Crippen molar-refractivity contribution in [1.82, 2.24) is 10.2 Å². The monoisotopic (exact) mass is 244 g/mol. The molecule has 1 aliphatic heterocycles. The van der Waals surface area contributed by atoms with Gasteiger partial charge in [0.15, 0.2) is 0 Å². The number of aliphatic hydroxyl groups is 1. The van der Waals surface area contributed by atoms with E-state index in [1.54, 1.807) is 6.92 Å². The number of carbonyl (C=O) groups excluding carboxylic acids is 1. The predicted molar refractivity (Wildman–Crippen MR) is 61.7 cm³/mol. The minimum absolute atomic E-state index is 0.247. The number of urea groups is 1. The number of nitrogens with one attached hydrogen (secondary N) is 1. The SMILES string of the molecule is CCCC(NC(=O)N1CCC(C)(O)C1)C(=O)O. The van der Waals surface area contributed by atoms with Crippen LogP contribution in [-0.2, 0) is 4.79 Å². The Balaban J connectivity index is 2.51. The summed E-state index contributed by atoms with van der Waals surface area (Å²) in [6, 6.07) is -1.26. The molecule has 6 nitrogen and oxygen atoms in total. The van der Waals surface area contributed by atoms with Gasteiger partial charge in [0.1, 0.15) is 6.04 Å². The van der Waals surface area contributed by atoms with E-state index >= 15 is 0 Å². The standard InChI is InChI=1S/C11H20N2O4/c1-3-4-8(9(14)15)12-10(16)13-6-5-11(2,17)7-13/h8,17H,3-7H2,1-2H3,(H,12,16)(H,14,15). The maximum atomic E-state index is 11.8. The second-order valence-corrected chi connectivity index (χ2v) is 4.80. The van der Waals surface area contributed by atoms with E-state index in [0.717, 1.165) is 0 Å². The zero-order chi connectivity index (χ0) is 13.1. The molecule has 3 N–H and O–H groups in total. The van der Waals surface area contributed by atoms with Crippen LogP contribution in [0.1, 0.15) is 33.1 Å². The molecular weight excluding hydrogens is 224 g/mol. The van der Waals surface area contributed by atoms with Gasteiger partial charge in [-0.1, -0.05) is 13.3 Å². The average Bonchev–Trinajstić information content (AvgIpc) is 2.58. The fourth-order valence-electron chi connectivity index (χ4n) is 1.90. The van der Waals surface area contributed by atoms with E-state index in [4.69, 9.17) is 5.11 Å². The Morgan fingerprint density at radius 1 is 1.53 bits per heavy atom. The summed E-state index contributed by atoms with van der Waals surface area (Å²) in [6.07, 6.45) is 1.62. The Kier molecular flexibility index (Phi) is 4.34. The van der Waals surface area contributed by atoms with E-state index in [2.05, 4.69) is 5.32 Å². The van der Waals surface area contributed by atoms with E-state index in [0.29, 0.717) is 25.8 Å². The van der Waals surface area contributed by atoms with E-state index in [-0.39, 0.29) is 6.54 Å². The number of hydrogen-bond donors (Lipinski definition) is 3. The first-order valence-corrected chi connectivity index (χ1v) is 5.86. The summed E-state index contributed by atoms with van der Waals surface area (Å²) in [5, 5.41) is 21.1. The van der Waals surface area contributed by atoms with Crippen LogP contribution in [0.15, 0.2) is 0 Å². The van der Waals surface area contributed by atoms with Crippen LogP contribution >= 0.6 is 0 Å². The Hall–Kier alpha value is -1.30. The van der Waals surface area contributed by atoms with Gasteiger partial charge in [-0.25, -0.2) is 9.59 Å². The molecule has 0 saturated carbocycles. The summed E-state index contributed by atoms with van der Waals surface area (Å²) in [5.41, 5.74) is -0.860. The largest absolute Gasteiger partial charge is 0.480 e. The van der Waals surface area contributed by atoms with Crippen LogP contribution in [0.2, 0.25) is 0 Å². The zero-order valence-electron chi connectivity index (χ0n) is 10.3. The van der Waals surface area contributed by atoms with Gasteiger partial charge in [-0.3, -0.25) is 0 Å². The molecule has 98 valence electrons. The number of carboxylic acid groups (broad SMARTS) is 1. The molecule has 0 radical (unpaired) electrons. The first-order chi connectivity index (χ1) is 7.85. The van der Waals surface area contributed by atoms with Crippen LogP contribution in [0, 0.1) is 0 Å². The fraction of sp³-hybridized carbons (Fsp3) is 0.818. The lowest BCUT2D eigenvalue weighted by Crippen LogP contribution is -2.48. The summed E-state index contributed by atoms with van der Waals surface area (Å²) in [6.45, 7) is 4.23. The number of likely N-dealkylation sites (tertiary alicyclic amines) is 1. The molecule has 0 aromatic rings. The molecule has 1 rings (SSSR count). The van der Waals surface area contributed by atoms with Gasteiger partial charge in [-0.15, -0.1) is 0 Å². The molecule has 6 heteroatoms. The van der Waals surface area contributed by atoms with Gasteiger partial charge in [-0.2, -0.15) is 0 Å². The highest BCUT2D eigenvalue weighted by molar-refractivity contribution is 5.82. The molecule has 0 bridgehead atoms. The van der Waals surface area contributed by atoms with Crippen molar-refractivity contribution >= 4 is 12.0 Å². The second kappa shape index (κ2) is 5.35. The van der Waals surface area contributed by atoms with E-state index in [1.165, 1.54) is 4.90 Å². The molecule has 1 heterocycles. The summed E-state index contributed by atoms with van der Waals surface area (Å²) in [5.74, 6) is -1.02. The normalized spacial score (nSPS) is 25.7. The Bertz CT molecular complexity index is 304. The Morgan fingerprint density at radius 2 is 2.18 bits per heavy atom. The fourth-order valence-corrected chi connectivity index (χ4v) is 1.90. The van der Waals surface area contributed by atoms with Crippen molar-refractivity contribution in [3.63, 3.8) is 0 Å². The van der Waals surface area contributed by atoms with E-state index < -0.39 is 23.6 Å². The van der Waals surface area contributed by atoms with Crippen LogP contribution in [0.4, 0.5) is 4.79 Å². The van der Waals surface area contributed by atoms with Crippen molar-refractivity contribution in [2.75, 3.05) is 13.1 Å². The van der Waals surface area contributed by atoms with Crippen LogP contribution in [-0.4, -0.2) is 51.8 Å². The molecule has 1 aliphatic rings. The minimum atomic E-state index is -1.02. The maximum Gasteiger partial charge on any atom is 0.326 e. The Morgan fingerprint density at radius 3 is 2.59 bits per heavy atom. The van der Waals surface area contributed by atoms with Crippen LogP contribution in [0.25, 0.3) is 0 Å². The number of carbonyl (C=O) groups is 2. The minimum Gasteiger partial charge on any atom is -0.480 e. The molecule has 2 atom stereocenters. The third-order valence-electron chi connectivity index (χ3n) is 2.91. The summed E-state index contributed by atoms with van der Waals surface area (Å²) in [4.78, 5) is 24.1. The smallest absolute Gasteiger partial charge is 0.326 e. The first kappa shape index (κ1) is 13.8. The van der Waals surface area contributed by atoms with Gasteiger partial charge in [0.05, 0.1) is 12.1 Å². The van der Waals surface area contributed by atoms with Crippen LogP contribution < -0.4 is 5.32 Å². The van der Waals surface area contributed by atoms with Gasteiger partial charge in [0, 0.05) is 6.54 Å². The number of hydrogen-bond acceptors (Lipinski definition) is 3. The number of nitrogens with zero attached hydrogens (tertiary/aromatic N) is 1. The third-order valence-corrected chi connectivity index (χ3v) is 2.91. The van der Waals surface area contributed by atoms with E-state index in [1.807, 2.05) is 6.92 Å². The molecule has 1 fully saturated rings. The van der Waals surface area contributed by atoms with Crippen molar-refractivity contribution < 1.29 is 19.8 Å². The molecule has 0 aromatic carbocycles. The van der Waals surface area contributed by atoms with Crippen molar-refractivity contribution in [2.45, 2.75) is 44.8 Å². The van der Waals surface area contributed by atoms with Crippen molar-refractivity contribution in [3.8, 4) is 0 Å². The van der Waals surface area contributed by atoms with Gasteiger partial charge in [-0.05, 0) is 19.8 Å². The van der Waals surface area contributed by atoms with Crippen molar-refractivity contribution in [3.05, 3.63) is 0 Å². The summed E-state index contributed by atoms with van der Waals surface area (Å²) >= 11 is 0. The molecule has 1 saturated heterocycles. The maximum absolute atomic E-state index is 11.8. The van der Waals surface area contributed by atoms with Crippen LogP contribution in [0.5, 0.6) is 0 Å². The molecule has 0 aliphatic carbocycles. The molecule has 0 aromatic heterocycles. The number of rotatable bonds is 4. The van der Waals surface area contributed by atoms with Crippen molar-refractivity contribution in [2.24, 2.45) is 0 Å². The highest BCUT2D eigenvalue weighted by Crippen LogP contribution is 2.20. The quantitative estimate of drug-likeness (QED) is 0.668. The average molecular weight is 244 g/mol. The van der Waals surface area contributed by atoms with Gasteiger partial charge >= 0.3 is 12.0 Å². The number of aliphatic carboxylic acids is 1. The molecule has 2 unspecified atom stereocenters. The highest BCUT2D eigenvalue weighted by atomic mass is 16.4. The number of carboxylic acids is 1. The lowest BCUT2D eigenvalue weighted by atomic mass is 10.1. The lowest BCUT2D eigenvalue weighted by Gasteiger charge is -2.22. The topological polar surface area (TPSA) is 89.9 Å². The summed E-state index contributed by atoms with van der Waals surface area (Å²) in [7, 11) is 0. The second-order valence-electron chi connectivity index (χ2n) is 4.80. The molecular formula is C11H20N2O4. The lowest BCUT2D eigenvalue weighted by molar-refractivity contribution is -0.139.